The number of amides is 1. The van der Waals surface area contributed by atoms with Gasteiger partial charge in [-0.05, 0) is 23.3 Å². The van der Waals surface area contributed by atoms with Crippen LogP contribution in [-0.4, -0.2) is 11.9 Å². The van der Waals surface area contributed by atoms with Crippen molar-refractivity contribution in [3.05, 3.63) is 83.9 Å². The number of rotatable bonds is 4. The third-order valence-corrected chi connectivity index (χ3v) is 2.69. The Hall–Kier alpha value is -3.14. The minimum Gasteiger partial charge on any atom is -0.336 e. The van der Waals surface area contributed by atoms with E-state index >= 15 is 0 Å². The smallest absolute Gasteiger partial charge is 0.336 e. The molecular weight excluding hydrogens is 278 g/mol. The van der Waals surface area contributed by atoms with E-state index in [-0.39, 0.29) is 0 Å². The molecular formula is C18H15NO3. The Bertz CT molecular complexity index is 614. The number of carbonyl (C=O) groups excluding carboxylic acids is 2. The molecule has 0 heterocycles. The molecule has 22 heavy (non-hydrogen) atoms. The van der Waals surface area contributed by atoms with Crippen molar-refractivity contribution in [1.29, 1.82) is 0 Å². The standard InChI is InChI=1S/C18H15NO3/c20-17(13-11-15-7-3-1-4-8-15)19-22-18(21)14-12-16-9-5-2-6-10-16/h1-14H,(H,19,20)/b13-11-,14-12+. The van der Waals surface area contributed by atoms with E-state index in [1.165, 1.54) is 12.2 Å². The second kappa shape index (κ2) is 8.21. The Morgan fingerprint density at radius 2 is 1.27 bits per heavy atom. The van der Waals surface area contributed by atoms with E-state index < -0.39 is 11.9 Å². The van der Waals surface area contributed by atoms with Crippen LogP contribution in [0.1, 0.15) is 11.1 Å². The lowest BCUT2D eigenvalue weighted by atomic mass is 10.2. The molecule has 0 aromatic heterocycles. The largest absolute Gasteiger partial charge is 0.355 e. The van der Waals surface area contributed by atoms with Crippen molar-refractivity contribution in [3.8, 4) is 0 Å². The quantitative estimate of drug-likeness (QED) is 0.696. The van der Waals surface area contributed by atoms with Crippen LogP contribution in [-0.2, 0) is 14.4 Å². The normalized spacial score (nSPS) is 10.7. The van der Waals surface area contributed by atoms with Crippen molar-refractivity contribution < 1.29 is 14.4 Å². The molecule has 0 aliphatic rings. The second-order valence-corrected chi connectivity index (χ2v) is 4.38. The third-order valence-electron chi connectivity index (χ3n) is 2.69. The van der Waals surface area contributed by atoms with E-state index in [4.69, 9.17) is 0 Å². The van der Waals surface area contributed by atoms with Gasteiger partial charge in [-0.3, -0.25) is 4.79 Å². The van der Waals surface area contributed by atoms with Gasteiger partial charge in [-0.2, -0.15) is 5.48 Å². The number of hydroxylamine groups is 1. The molecule has 2 aromatic rings. The summed E-state index contributed by atoms with van der Waals surface area (Å²) in [7, 11) is 0. The molecule has 4 nitrogen and oxygen atoms in total. The predicted octanol–water partition coefficient (Wildman–Crippen LogP) is 2.99. The zero-order valence-corrected chi connectivity index (χ0v) is 11.8. The first-order valence-electron chi connectivity index (χ1n) is 6.71. The van der Waals surface area contributed by atoms with Gasteiger partial charge in [-0.1, -0.05) is 60.7 Å². The Kier molecular flexibility index (Phi) is 5.70. The lowest BCUT2D eigenvalue weighted by Crippen LogP contribution is -2.24. The Labute approximate surface area is 128 Å². The fourth-order valence-corrected chi connectivity index (χ4v) is 1.63. The van der Waals surface area contributed by atoms with Crippen LogP contribution in [0.3, 0.4) is 0 Å². The maximum absolute atomic E-state index is 11.5. The number of carbonyl (C=O) groups is 2. The van der Waals surface area contributed by atoms with E-state index in [2.05, 4.69) is 10.3 Å². The third kappa shape index (κ3) is 5.46. The highest BCUT2D eigenvalue weighted by Gasteiger charge is 2.00. The molecule has 0 fully saturated rings. The van der Waals surface area contributed by atoms with Crippen molar-refractivity contribution in [2.45, 2.75) is 0 Å². The molecule has 110 valence electrons. The van der Waals surface area contributed by atoms with Crippen LogP contribution in [0.4, 0.5) is 0 Å². The summed E-state index contributed by atoms with van der Waals surface area (Å²) >= 11 is 0. The van der Waals surface area contributed by atoms with Crippen LogP contribution in [0.15, 0.2) is 72.8 Å². The van der Waals surface area contributed by atoms with Gasteiger partial charge in [0, 0.05) is 12.2 Å². The summed E-state index contributed by atoms with van der Waals surface area (Å²) in [6, 6.07) is 18.7. The fraction of sp³-hybridized carbons (Fsp3) is 0. The summed E-state index contributed by atoms with van der Waals surface area (Å²) in [6.07, 6.45) is 5.78. The summed E-state index contributed by atoms with van der Waals surface area (Å²) in [5.74, 6) is -1.16. The van der Waals surface area contributed by atoms with Gasteiger partial charge in [0.05, 0.1) is 0 Å². The van der Waals surface area contributed by atoms with Gasteiger partial charge in [-0.25, -0.2) is 4.79 Å². The van der Waals surface area contributed by atoms with Gasteiger partial charge >= 0.3 is 5.97 Å². The number of nitrogens with one attached hydrogen (secondary N) is 1. The zero-order valence-electron chi connectivity index (χ0n) is 11.8. The van der Waals surface area contributed by atoms with Crippen molar-refractivity contribution in [2.24, 2.45) is 0 Å². The van der Waals surface area contributed by atoms with E-state index in [9.17, 15) is 9.59 Å². The lowest BCUT2D eigenvalue weighted by molar-refractivity contribution is -0.151. The second-order valence-electron chi connectivity index (χ2n) is 4.38. The van der Waals surface area contributed by atoms with Crippen molar-refractivity contribution in [1.82, 2.24) is 5.48 Å². The summed E-state index contributed by atoms with van der Waals surface area (Å²) in [6.45, 7) is 0. The van der Waals surface area contributed by atoms with Gasteiger partial charge in [0.15, 0.2) is 0 Å². The average Bonchev–Trinajstić information content (AvgIpc) is 2.58. The zero-order chi connectivity index (χ0) is 15.6. The first-order valence-corrected chi connectivity index (χ1v) is 6.71. The first kappa shape index (κ1) is 15.3. The lowest BCUT2D eigenvalue weighted by Gasteiger charge is -2.00. The highest BCUT2D eigenvalue weighted by atomic mass is 16.7. The Morgan fingerprint density at radius 1 is 0.773 bits per heavy atom. The van der Waals surface area contributed by atoms with Gasteiger partial charge in [-0.15, -0.1) is 0 Å². The van der Waals surface area contributed by atoms with Gasteiger partial charge in [0.25, 0.3) is 5.91 Å². The van der Waals surface area contributed by atoms with Crippen LogP contribution in [0, 0.1) is 0 Å². The van der Waals surface area contributed by atoms with Crippen LogP contribution in [0.5, 0.6) is 0 Å². The minimum atomic E-state index is -0.648. The first-order chi connectivity index (χ1) is 10.7. The van der Waals surface area contributed by atoms with Gasteiger partial charge < -0.3 is 4.84 Å². The molecule has 0 spiro atoms. The summed E-state index contributed by atoms with van der Waals surface area (Å²) in [5, 5.41) is 0. The van der Waals surface area contributed by atoms with Crippen LogP contribution < -0.4 is 5.48 Å². The fourth-order valence-electron chi connectivity index (χ4n) is 1.63. The van der Waals surface area contributed by atoms with E-state index in [0.717, 1.165) is 11.1 Å². The highest BCUT2D eigenvalue weighted by Crippen LogP contribution is 2.01. The molecule has 0 aliphatic carbocycles. The molecule has 2 rings (SSSR count). The Balaban J connectivity index is 1.77. The average molecular weight is 293 g/mol. The SMILES string of the molecule is O=C(/C=C\c1ccccc1)NOC(=O)/C=C/c1ccccc1. The van der Waals surface area contributed by atoms with Crippen LogP contribution >= 0.6 is 0 Å². The molecule has 0 saturated carbocycles. The molecule has 2 aromatic carbocycles. The molecule has 0 saturated heterocycles. The molecule has 1 N–H and O–H groups in total. The van der Waals surface area contributed by atoms with Crippen LogP contribution in [0.25, 0.3) is 12.2 Å². The number of hydrogen-bond acceptors (Lipinski definition) is 3. The Morgan fingerprint density at radius 3 is 1.82 bits per heavy atom. The highest BCUT2D eigenvalue weighted by molar-refractivity contribution is 5.93. The monoisotopic (exact) mass is 293 g/mol. The number of benzene rings is 2. The van der Waals surface area contributed by atoms with Crippen molar-refractivity contribution >= 4 is 24.0 Å². The van der Waals surface area contributed by atoms with Gasteiger partial charge in [0.2, 0.25) is 0 Å². The predicted molar refractivity (Wildman–Crippen MR) is 85.2 cm³/mol. The molecule has 0 atom stereocenters. The number of hydrogen-bond donors (Lipinski definition) is 1. The summed E-state index contributed by atoms with van der Waals surface area (Å²) in [5.41, 5.74) is 3.81. The molecule has 0 bridgehead atoms. The van der Waals surface area contributed by atoms with E-state index in [0.29, 0.717) is 0 Å². The molecule has 4 heteroatoms. The minimum absolute atomic E-state index is 0.509. The van der Waals surface area contributed by atoms with Crippen molar-refractivity contribution in [3.63, 3.8) is 0 Å². The molecule has 0 aliphatic heterocycles. The topological polar surface area (TPSA) is 55.4 Å². The van der Waals surface area contributed by atoms with E-state index in [1.807, 2.05) is 60.7 Å². The molecule has 0 radical (unpaired) electrons. The summed E-state index contributed by atoms with van der Waals surface area (Å²) < 4.78 is 0. The van der Waals surface area contributed by atoms with Gasteiger partial charge in [0.1, 0.15) is 0 Å². The summed E-state index contributed by atoms with van der Waals surface area (Å²) in [4.78, 5) is 27.6. The van der Waals surface area contributed by atoms with E-state index in [1.54, 1.807) is 12.2 Å². The van der Waals surface area contributed by atoms with Crippen molar-refractivity contribution in [2.75, 3.05) is 0 Å². The maximum atomic E-state index is 11.5. The van der Waals surface area contributed by atoms with Crippen LogP contribution in [0.2, 0.25) is 0 Å². The maximum Gasteiger partial charge on any atom is 0.355 e. The molecule has 0 unspecified atom stereocenters. The molecule has 1 amide bonds.